The molecule has 1 rings (SSSR count). The van der Waals surface area contributed by atoms with Crippen LogP contribution in [-0.2, 0) is 9.59 Å². The van der Waals surface area contributed by atoms with Crippen molar-refractivity contribution in [1.82, 2.24) is 10.2 Å². The fourth-order valence-corrected chi connectivity index (χ4v) is 2.01. The molecule has 1 saturated heterocycles. The number of hydrogen-bond donors (Lipinski definition) is 1. The highest BCUT2D eigenvalue weighted by Gasteiger charge is 2.37. The quantitative estimate of drug-likeness (QED) is 0.782. The van der Waals surface area contributed by atoms with Crippen LogP contribution in [0.5, 0.6) is 0 Å². The van der Waals surface area contributed by atoms with Gasteiger partial charge >= 0.3 is 0 Å². The molecule has 1 N–H and O–H groups in total. The van der Waals surface area contributed by atoms with E-state index in [2.05, 4.69) is 19.2 Å². The lowest BCUT2D eigenvalue weighted by molar-refractivity contribution is -0.149. The first kappa shape index (κ1) is 13.0. The molecule has 0 aliphatic carbocycles. The minimum Gasteiger partial charge on any atom is -0.343 e. The molecule has 4 nitrogen and oxygen atoms in total. The Morgan fingerprint density at radius 2 is 2.00 bits per heavy atom. The summed E-state index contributed by atoms with van der Waals surface area (Å²) in [4.78, 5) is 25.5. The van der Waals surface area contributed by atoms with Gasteiger partial charge in [-0.1, -0.05) is 27.2 Å². The van der Waals surface area contributed by atoms with Crippen molar-refractivity contribution in [2.45, 2.75) is 52.6 Å². The minimum absolute atomic E-state index is 0.0290. The second-order valence-electron chi connectivity index (χ2n) is 4.91. The van der Waals surface area contributed by atoms with Gasteiger partial charge in [-0.3, -0.25) is 9.59 Å². The summed E-state index contributed by atoms with van der Waals surface area (Å²) in [5.74, 6) is 0.431. The van der Waals surface area contributed by atoms with Gasteiger partial charge in [-0.05, 0) is 19.3 Å². The van der Waals surface area contributed by atoms with E-state index >= 15 is 0 Å². The zero-order valence-electron chi connectivity index (χ0n) is 10.6. The summed E-state index contributed by atoms with van der Waals surface area (Å²) < 4.78 is 0. The van der Waals surface area contributed by atoms with Crippen LogP contribution in [0.4, 0.5) is 0 Å². The van der Waals surface area contributed by atoms with Crippen molar-refractivity contribution >= 4 is 11.8 Å². The first-order valence-electron chi connectivity index (χ1n) is 6.08. The molecule has 1 aliphatic rings. The second-order valence-corrected chi connectivity index (χ2v) is 4.91. The Hall–Kier alpha value is -1.06. The van der Waals surface area contributed by atoms with Crippen LogP contribution in [0.2, 0.25) is 0 Å². The summed E-state index contributed by atoms with van der Waals surface area (Å²) in [6.07, 6.45) is 1.63. The molecule has 0 bridgehead atoms. The van der Waals surface area contributed by atoms with E-state index in [1.54, 1.807) is 11.8 Å². The normalized spacial score (nSPS) is 26.2. The zero-order chi connectivity index (χ0) is 12.3. The Bertz CT molecular complexity index is 276. The van der Waals surface area contributed by atoms with Crippen molar-refractivity contribution in [2.24, 2.45) is 5.92 Å². The average Bonchev–Trinajstić information content (AvgIpc) is 2.21. The Kier molecular flexibility index (Phi) is 4.33. The molecule has 92 valence electrons. The average molecular weight is 226 g/mol. The largest absolute Gasteiger partial charge is 0.343 e. The fraction of sp³-hybridized carbons (Fsp3) is 0.833. The summed E-state index contributed by atoms with van der Waals surface area (Å²) in [5.41, 5.74) is 0. The first-order valence-corrected chi connectivity index (χ1v) is 6.08. The molecule has 0 saturated carbocycles. The molecule has 1 heterocycles. The summed E-state index contributed by atoms with van der Waals surface area (Å²) in [7, 11) is 0. The standard InChI is InChI=1S/C12H22N2O2/c1-5-6-10-12(16)14(7-8(2)3)9(4)11(15)13-10/h8-10H,5-7H2,1-4H3,(H,13,15). The van der Waals surface area contributed by atoms with Gasteiger partial charge in [0.2, 0.25) is 11.8 Å². The van der Waals surface area contributed by atoms with Crippen LogP contribution < -0.4 is 5.32 Å². The molecule has 0 aromatic rings. The highest BCUT2D eigenvalue weighted by molar-refractivity contribution is 5.96. The van der Waals surface area contributed by atoms with Gasteiger partial charge in [0.15, 0.2) is 0 Å². The van der Waals surface area contributed by atoms with Crippen LogP contribution in [-0.4, -0.2) is 35.3 Å². The van der Waals surface area contributed by atoms with Crippen LogP contribution in [0, 0.1) is 5.92 Å². The number of nitrogens with zero attached hydrogens (tertiary/aromatic N) is 1. The molecule has 2 amide bonds. The van der Waals surface area contributed by atoms with E-state index in [1.165, 1.54) is 0 Å². The molecule has 1 aliphatic heterocycles. The highest BCUT2D eigenvalue weighted by Crippen LogP contribution is 2.14. The van der Waals surface area contributed by atoms with E-state index in [1.807, 2.05) is 6.92 Å². The topological polar surface area (TPSA) is 49.4 Å². The van der Waals surface area contributed by atoms with Gasteiger partial charge in [-0.25, -0.2) is 0 Å². The number of carbonyl (C=O) groups is 2. The number of amides is 2. The molecule has 16 heavy (non-hydrogen) atoms. The summed E-state index contributed by atoms with van der Waals surface area (Å²) in [6, 6.07) is -0.643. The SMILES string of the molecule is CCCC1NC(=O)C(C)N(CC(C)C)C1=O. The van der Waals surface area contributed by atoms with Crippen molar-refractivity contribution < 1.29 is 9.59 Å². The van der Waals surface area contributed by atoms with Gasteiger partial charge in [0, 0.05) is 6.54 Å². The van der Waals surface area contributed by atoms with Gasteiger partial charge in [-0.15, -0.1) is 0 Å². The number of rotatable bonds is 4. The van der Waals surface area contributed by atoms with Crippen LogP contribution in [0.1, 0.15) is 40.5 Å². The van der Waals surface area contributed by atoms with E-state index in [4.69, 9.17) is 0 Å². The molecule has 2 atom stereocenters. The number of piperazine rings is 1. The summed E-state index contributed by atoms with van der Waals surface area (Å²) in [5, 5.41) is 2.79. The van der Waals surface area contributed by atoms with Crippen molar-refractivity contribution in [1.29, 1.82) is 0 Å². The third-order valence-electron chi connectivity index (χ3n) is 2.88. The number of carbonyl (C=O) groups excluding carboxylic acids is 2. The van der Waals surface area contributed by atoms with Gasteiger partial charge in [0.1, 0.15) is 12.1 Å². The van der Waals surface area contributed by atoms with Crippen LogP contribution in [0.25, 0.3) is 0 Å². The predicted molar refractivity (Wildman–Crippen MR) is 62.9 cm³/mol. The van der Waals surface area contributed by atoms with Crippen LogP contribution in [0.15, 0.2) is 0 Å². The van der Waals surface area contributed by atoms with Crippen molar-refractivity contribution in [3.05, 3.63) is 0 Å². The number of hydrogen-bond acceptors (Lipinski definition) is 2. The molecular weight excluding hydrogens is 204 g/mol. The van der Waals surface area contributed by atoms with Crippen molar-refractivity contribution in [3.8, 4) is 0 Å². The fourth-order valence-electron chi connectivity index (χ4n) is 2.01. The highest BCUT2D eigenvalue weighted by atomic mass is 16.2. The van der Waals surface area contributed by atoms with E-state index in [0.717, 1.165) is 12.8 Å². The first-order chi connectivity index (χ1) is 7.47. The van der Waals surface area contributed by atoms with Crippen molar-refractivity contribution in [3.63, 3.8) is 0 Å². The lowest BCUT2D eigenvalue weighted by Gasteiger charge is -2.38. The molecule has 0 aromatic carbocycles. The third kappa shape index (κ3) is 2.74. The van der Waals surface area contributed by atoms with E-state index in [-0.39, 0.29) is 23.9 Å². The third-order valence-corrected chi connectivity index (χ3v) is 2.88. The Morgan fingerprint density at radius 1 is 1.38 bits per heavy atom. The maximum atomic E-state index is 12.1. The molecule has 0 aromatic heterocycles. The van der Waals surface area contributed by atoms with Crippen molar-refractivity contribution in [2.75, 3.05) is 6.54 Å². The van der Waals surface area contributed by atoms with E-state index in [9.17, 15) is 9.59 Å². The Balaban J connectivity index is 2.77. The smallest absolute Gasteiger partial charge is 0.245 e. The van der Waals surface area contributed by atoms with Crippen LogP contribution in [0.3, 0.4) is 0 Å². The molecule has 1 fully saturated rings. The maximum absolute atomic E-state index is 12.1. The van der Waals surface area contributed by atoms with Gasteiger partial charge < -0.3 is 10.2 Å². The van der Waals surface area contributed by atoms with Crippen LogP contribution >= 0.6 is 0 Å². The molecule has 4 heteroatoms. The monoisotopic (exact) mass is 226 g/mol. The Morgan fingerprint density at radius 3 is 2.50 bits per heavy atom. The van der Waals surface area contributed by atoms with Gasteiger partial charge in [-0.2, -0.15) is 0 Å². The maximum Gasteiger partial charge on any atom is 0.245 e. The molecule has 2 unspecified atom stereocenters. The lowest BCUT2D eigenvalue weighted by Crippen LogP contribution is -2.62. The predicted octanol–water partition coefficient (Wildman–Crippen LogP) is 1.16. The molecular formula is C12H22N2O2. The zero-order valence-corrected chi connectivity index (χ0v) is 10.6. The minimum atomic E-state index is -0.331. The van der Waals surface area contributed by atoms with E-state index < -0.39 is 0 Å². The van der Waals surface area contributed by atoms with Gasteiger partial charge in [0.05, 0.1) is 0 Å². The number of nitrogens with one attached hydrogen (secondary N) is 1. The van der Waals surface area contributed by atoms with E-state index in [0.29, 0.717) is 12.5 Å². The van der Waals surface area contributed by atoms with Gasteiger partial charge in [0.25, 0.3) is 0 Å². The molecule has 0 spiro atoms. The summed E-state index contributed by atoms with van der Waals surface area (Å²) in [6.45, 7) is 8.58. The Labute approximate surface area is 97.4 Å². The lowest BCUT2D eigenvalue weighted by atomic mass is 10.0. The molecule has 0 radical (unpaired) electrons. The summed E-state index contributed by atoms with van der Waals surface area (Å²) >= 11 is 0. The second kappa shape index (κ2) is 5.32.